The number of hydrogen-bond acceptors (Lipinski definition) is 9. The van der Waals surface area contributed by atoms with E-state index in [1.807, 2.05) is 0 Å². The molecule has 0 fully saturated rings. The van der Waals surface area contributed by atoms with E-state index in [1.165, 1.54) is 132 Å². The number of benzene rings is 3. The van der Waals surface area contributed by atoms with Crippen LogP contribution in [0.4, 0.5) is 0 Å². The Labute approximate surface area is 450 Å². The van der Waals surface area contributed by atoms with Crippen LogP contribution >= 0.6 is 23.2 Å². The Hall–Kier alpha value is -4.94. The van der Waals surface area contributed by atoms with Crippen molar-refractivity contribution in [2.45, 2.75) is 212 Å². The van der Waals surface area contributed by atoms with Crippen molar-refractivity contribution < 1.29 is 33.4 Å². The van der Waals surface area contributed by atoms with Gasteiger partial charge in [0.25, 0.3) is 11.5 Å². The second-order valence-electron chi connectivity index (χ2n) is 19.9. The molecule has 1 atom stereocenters. The first kappa shape index (κ1) is 61.6. The summed E-state index contributed by atoms with van der Waals surface area (Å²) < 4.78 is 19.7. The Kier molecular flexibility index (Phi) is 30.1. The van der Waals surface area contributed by atoms with Crippen molar-refractivity contribution in [1.82, 2.24) is 14.5 Å². The zero-order chi connectivity index (χ0) is 53.3. The molecule has 0 unspecified atom stereocenters. The van der Waals surface area contributed by atoms with E-state index in [4.69, 9.17) is 37.4 Å². The molecular weight excluding hydrogens is 978 g/mol. The summed E-state index contributed by atoms with van der Waals surface area (Å²) in [4.78, 5) is 81.0. The number of esters is 3. The minimum atomic E-state index is -1.34. The number of unbranched alkanes of at least 4 members (excludes halogenated alkanes) is 24. The van der Waals surface area contributed by atoms with Gasteiger partial charge >= 0.3 is 23.6 Å². The number of halogens is 2. The highest BCUT2D eigenvalue weighted by atomic mass is 35.5. The van der Waals surface area contributed by atoms with E-state index >= 15 is 0 Å². The van der Waals surface area contributed by atoms with Crippen molar-refractivity contribution in [3.05, 3.63) is 109 Å². The summed E-state index contributed by atoms with van der Waals surface area (Å²) in [5.74, 6) is -2.54. The first-order chi connectivity index (χ1) is 35.9. The summed E-state index contributed by atoms with van der Waals surface area (Å²) in [5.41, 5.74) is 0.278. The predicted molar refractivity (Wildman–Crippen MR) is 299 cm³/mol. The molecule has 1 aromatic heterocycles. The fourth-order valence-electron chi connectivity index (χ4n) is 9.24. The van der Waals surface area contributed by atoms with E-state index in [0.29, 0.717) is 35.0 Å². The Morgan fingerprint density at radius 2 is 0.986 bits per heavy atom. The van der Waals surface area contributed by atoms with Gasteiger partial charge in [-0.1, -0.05) is 221 Å². The average Bonchev–Trinajstić information content (AvgIpc) is 3.39. The fraction of sp³-hybridized carbons (Fsp3) is 0.600. The van der Waals surface area contributed by atoms with Crippen molar-refractivity contribution in [2.75, 3.05) is 13.2 Å². The van der Waals surface area contributed by atoms with Crippen molar-refractivity contribution in [3.8, 4) is 5.69 Å². The van der Waals surface area contributed by atoms with Gasteiger partial charge in [-0.25, -0.2) is 14.2 Å². The Morgan fingerprint density at radius 3 is 1.45 bits per heavy atom. The van der Waals surface area contributed by atoms with Crippen LogP contribution in [-0.2, 0) is 42.1 Å². The minimum Gasteiger partial charge on any atom is -0.462 e. The third-order valence-electron chi connectivity index (χ3n) is 13.7. The van der Waals surface area contributed by atoms with Gasteiger partial charge in [0.2, 0.25) is 0 Å². The molecule has 0 saturated heterocycles. The van der Waals surface area contributed by atoms with Gasteiger partial charge in [-0.3, -0.25) is 23.7 Å². The molecule has 0 aliphatic heterocycles. The number of para-hydroxylation sites is 1. The van der Waals surface area contributed by atoms with Crippen LogP contribution in [0.3, 0.4) is 0 Å². The smallest absolute Gasteiger partial charge is 0.335 e. The van der Waals surface area contributed by atoms with Gasteiger partial charge in [0.1, 0.15) is 19.3 Å². The summed E-state index contributed by atoms with van der Waals surface area (Å²) in [6.45, 7) is 3.75. The second kappa shape index (κ2) is 36.1. The Balaban J connectivity index is 1.39. The lowest BCUT2D eigenvalue weighted by Gasteiger charge is -2.23. The molecule has 14 heteroatoms. The molecule has 0 aliphatic carbocycles. The predicted octanol–water partition coefficient (Wildman–Crippen LogP) is 14.3. The van der Waals surface area contributed by atoms with E-state index < -0.39 is 47.2 Å². The highest BCUT2D eigenvalue weighted by Crippen LogP contribution is 2.25. The lowest BCUT2D eigenvalue weighted by Crippen LogP contribution is -2.46. The maximum absolute atomic E-state index is 14.3. The zero-order valence-electron chi connectivity index (χ0n) is 44.8. The molecule has 4 aromatic rings. The molecule has 0 aliphatic rings. The number of aryl methyl sites for hydroxylation is 1. The number of aromatic nitrogens is 2. The van der Waals surface area contributed by atoms with Crippen LogP contribution in [0.5, 0.6) is 0 Å². The number of amides is 1. The molecule has 1 heterocycles. The molecule has 3 aromatic carbocycles. The van der Waals surface area contributed by atoms with E-state index in [9.17, 15) is 28.8 Å². The molecular formula is C60H85Cl2N3O9. The molecule has 74 heavy (non-hydrogen) atoms. The van der Waals surface area contributed by atoms with E-state index in [0.717, 1.165) is 43.1 Å². The summed E-state index contributed by atoms with van der Waals surface area (Å²) in [6, 6.07) is 16.5. The molecule has 1 N–H and O–H groups in total. The molecule has 1 amide bonds. The first-order valence-corrected chi connectivity index (χ1v) is 28.8. The van der Waals surface area contributed by atoms with Crippen molar-refractivity contribution in [1.29, 1.82) is 0 Å². The largest absolute Gasteiger partial charge is 0.462 e. The highest BCUT2D eigenvalue weighted by Gasteiger charge is 2.29. The summed E-state index contributed by atoms with van der Waals surface area (Å²) in [7, 11) is 1.59. The van der Waals surface area contributed by atoms with Crippen molar-refractivity contribution in [3.63, 3.8) is 0 Å². The van der Waals surface area contributed by atoms with Crippen LogP contribution in [0.2, 0.25) is 10.0 Å². The zero-order valence-corrected chi connectivity index (χ0v) is 46.3. The van der Waals surface area contributed by atoms with Crippen LogP contribution in [0.15, 0.2) is 76.3 Å². The first-order valence-electron chi connectivity index (χ1n) is 28.0. The fourth-order valence-corrected chi connectivity index (χ4v) is 9.81. The molecule has 0 radical (unpaired) electrons. The molecule has 408 valence electrons. The van der Waals surface area contributed by atoms with Crippen molar-refractivity contribution >= 4 is 57.9 Å². The Bertz CT molecular complexity index is 2350. The van der Waals surface area contributed by atoms with Crippen molar-refractivity contribution in [2.24, 2.45) is 7.05 Å². The van der Waals surface area contributed by atoms with Gasteiger partial charge < -0.3 is 19.5 Å². The third-order valence-corrected chi connectivity index (χ3v) is 14.3. The van der Waals surface area contributed by atoms with Gasteiger partial charge in [-0.05, 0) is 54.8 Å². The van der Waals surface area contributed by atoms with Gasteiger partial charge in [0.05, 0.1) is 32.2 Å². The molecule has 0 spiro atoms. The monoisotopic (exact) mass is 1060 g/mol. The number of carbonyl (C=O) groups is 4. The maximum Gasteiger partial charge on any atom is 0.335 e. The molecule has 12 nitrogen and oxygen atoms in total. The van der Waals surface area contributed by atoms with Crippen LogP contribution in [-0.4, -0.2) is 58.3 Å². The summed E-state index contributed by atoms with van der Waals surface area (Å²) in [6.07, 6.45) is 29.7. The second-order valence-corrected chi connectivity index (χ2v) is 20.7. The lowest BCUT2D eigenvalue weighted by atomic mass is 10.0. The maximum atomic E-state index is 14.3. The third kappa shape index (κ3) is 22.5. The number of ether oxygens (including phenoxy) is 3. The van der Waals surface area contributed by atoms with E-state index in [-0.39, 0.29) is 48.1 Å². The van der Waals surface area contributed by atoms with E-state index in [1.54, 1.807) is 61.6 Å². The normalized spacial score (nSPS) is 11.8. The number of fused-ring (bicyclic) bond motifs is 1. The minimum absolute atomic E-state index is 0.0451. The Morgan fingerprint density at radius 1 is 0.554 bits per heavy atom. The van der Waals surface area contributed by atoms with Crippen LogP contribution in [0.25, 0.3) is 16.6 Å². The molecule has 0 saturated carbocycles. The number of nitrogens with zero attached hydrogens (tertiary/aromatic N) is 2. The number of carbonyl (C=O) groups excluding carboxylic acids is 4. The van der Waals surface area contributed by atoms with Gasteiger partial charge in [-0.2, -0.15) is 0 Å². The molecule has 0 bridgehead atoms. The lowest BCUT2D eigenvalue weighted by molar-refractivity contribution is -0.168. The topological polar surface area (TPSA) is 152 Å². The number of nitrogens with one attached hydrogen (secondary N) is 1. The van der Waals surface area contributed by atoms with Gasteiger partial charge in [0.15, 0.2) is 6.10 Å². The van der Waals surface area contributed by atoms with Gasteiger partial charge in [0, 0.05) is 26.3 Å². The van der Waals surface area contributed by atoms with Crippen LogP contribution < -0.4 is 16.6 Å². The number of hydrogen-bond donors (Lipinski definition) is 1. The van der Waals surface area contributed by atoms with Gasteiger partial charge in [-0.15, -0.1) is 0 Å². The average molecular weight is 1060 g/mol. The van der Waals surface area contributed by atoms with E-state index in [2.05, 4.69) is 19.2 Å². The summed E-state index contributed by atoms with van der Waals surface area (Å²) >= 11 is 12.8. The number of rotatable bonds is 39. The standard InChI is InChI=1S/C60H85Cl2N3O9/c1-4-6-8-10-12-14-16-18-20-22-24-26-28-37-54(66)72-44-48(45-73-55(67)38-29-27-25-23-21-19-17-15-13-11-9-7-5-2)74-59(70)52(63-57(68)56-50(61)34-32-35-51(56)62)43-46-39-41-47(42-40-46)65-58(69)49-33-30-31-36-53(49)64(3)60(65)71/h30-36,39-42,48,52H,4-29,37-38,43-45H2,1-3H3,(H,63,68)/t52-/m0/s1. The van der Waals surface area contributed by atoms with Crippen LogP contribution in [0.1, 0.15) is 210 Å². The summed E-state index contributed by atoms with van der Waals surface area (Å²) in [5, 5.41) is 3.22. The highest BCUT2D eigenvalue weighted by molar-refractivity contribution is 6.39. The quantitative estimate of drug-likeness (QED) is 0.0261. The van der Waals surface area contributed by atoms with Crippen LogP contribution in [0, 0.1) is 0 Å². The SMILES string of the molecule is CCCCCCCCCCCCCCCC(=O)OCC(COC(=O)CCCCCCCCCCCCCCC)OC(=O)[C@H](Cc1ccc(-n2c(=O)c3ccccc3n(C)c2=O)cc1)NC(=O)c1c(Cl)cccc1Cl. The molecule has 4 rings (SSSR count).